The van der Waals surface area contributed by atoms with Gasteiger partial charge in [-0.05, 0) is 47.6 Å². The molecule has 0 aliphatic rings. The van der Waals surface area contributed by atoms with Gasteiger partial charge in [-0.2, -0.15) is 0 Å². The quantitative estimate of drug-likeness (QED) is 0.210. The Kier molecular flexibility index (Phi) is 14.1. The number of hydrogen-bond acceptors (Lipinski definition) is 0. The summed E-state index contributed by atoms with van der Waals surface area (Å²) in [6.45, 7) is 4.60. The normalized spacial score (nSPS) is 12.0. The van der Waals surface area contributed by atoms with Crippen LogP contribution in [0.15, 0.2) is 48.5 Å². The minimum absolute atomic E-state index is 1.24. The average molecular weight is 421 g/mol. The summed E-state index contributed by atoms with van der Waals surface area (Å²) < 4.78 is 0. The lowest BCUT2D eigenvalue weighted by molar-refractivity contribution is 0.578. The molecule has 0 aliphatic carbocycles. The van der Waals surface area contributed by atoms with Crippen molar-refractivity contribution >= 4 is 16.3 Å². The highest BCUT2D eigenvalue weighted by molar-refractivity contribution is 5.93. The maximum absolute atomic E-state index is 2.58. The van der Waals surface area contributed by atoms with Crippen LogP contribution in [0.4, 0.5) is 0 Å². The van der Waals surface area contributed by atoms with E-state index in [2.05, 4.69) is 62.4 Å². The number of fused-ring (bicyclic) bond motifs is 1. The van der Waals surface area contributed by atoms with E-state index in [9.17, 15) is 0 Å². The highest BCUT2D eigenvalue weighted by Gasteiger charge is 2.06. The summed E-state index contributed by atoms with van der Waals surface area (Å²) in [7, 11) is 0. The Balaban J connectivity index is 1.88. The first kappa shape index (κ1) is 25.7. The van der Waals surface area contributed by atoms with Gasteiger partial charge >= 0.3 is 0 Å². The van der Waals surface area contributed by atoms with Crippen molar-refractivity contribution < 1.29 is 0 Å². The second-order valence-corrected chi connectivity index (χ2v) is 9.39. The zero-order chi connectivity index (χ0) is 22.0. The van der Waals surface area contributed by atoms with Crippen LogP contribution in [-0.2, 0) is 0 Å². The van der Waals surface area contributed by atoms with Crippen molar-refractivity contribution in [2.24, 2.45) is 0 Å². The first-order valence-corrected chi connectivity index (χ1v) is 13.5. The van der Waals surface area contributed by atoms with Crippen molar-refractivity contribution in [2.75, 3.05) is 0 Å². The molecule has 0 atom stereocenters. The zero-order valence-corrected chi connectivity index (χ0v) is 20.6. The van der Waals surface area contributed by atoms with Crippen molar-refractivity contribution in [1.29, 1.82) is 0 Å². The third-order valence-corrected chi connectivity index (χ3v) is 6.63. The van der Waals surface area contributed by atoms with Gasteiger partial charge in [0.05, 0.1) is 0 Å². The molecule has 0 saturated heterocycles. The van der Waals surface area contributed by atoms with Crippen molar-refractivity contribution in [1.82, 2.24) is 0 Å². The largest absolute Gasteiger partial charge is 0.0807 e. The van der Waals surface area contributed by atoms with Gasteiger partial charge in [-0.3, -0.25) is 0 Å². The van der Waals surface area contributed by atoms with Crippen molar-refractivity contribution in [2.45, 2.75) is 123 Å². The van der Waals surface area contributed by atoms with E-state index in [0.717, 1.165) is 0 Å². The monoisotopic (exact) mass is 420 g/mol. The van der Waals surface area contributed by atoms with Crippen LogP contribution < -0.4 is 0 Å². The molecule has 2 aromatic carbocycles. The van der Waals surface area contributed by atoms with Gasteiger partial charge in [-0.15, -0.1) is 0 Å². The Morgan fingerprint density at radius 2 is 1.13 bits per heavy atom. The summed E-state index contributed by atoms with van der Waals surface area (Å²) in [5, 5.41) is 2.80. The first-order chi connectivity index (χ1) is 15.4. The SMILES string of the molecule is CCCCCCCCC/C=C(/CCCCCCCCCC)c1cccc2ccccc12. The molecule has 0 aliphatic heterocycles. The molecule has 172 valence electrons. The Hall–Kier alpha value is -1.56. The first-order valence-electron chi connectivity index (χ1n) is 13.5. The fourth-order valence-electron chi connectivity index (χ4n) is 4.68. The van der Waals surface area contributed by atoms with Crippen LogP contribution >= 0.6 is 0 Å². The molecule has 0 N–H and O–H groups in total. The van der Waals surface area contributed by atoms with Gasteiger partial charge in [0.2, 0.25) is 0 Å². The highest BCUT2D eigenvalue weighted by atomic mass is 14.1. The second-order valence-electron chi connectivity index (χ2n) is 9.39. The van der Waals surface area contributed by atoms with Gasteiger partial charge in [0.1, 0.15) is 0 Å². The summed E-state index contributed by atoms with van der Waals surface area (Å²) in [5.74, 6) is 0. The van der Waals surface area contributed by atoms with Gasteiger partial charge < -0.3 is 0 Å². The minimum atomic E-state index is 1.24. The maximum Gasteiger partial charge on any atom is -0.0109 e. The van der Waals surface area contributed by atoms with Gasteiger partial charge in [-0.25, -0.2) is 0 Å². The van der Waals surface area contributed by atoms with Crippen molar-refractivity contribution in [3.63, 3.8) is 0 Å². The third-order valence-electron chi connectivity index (χ3n) is 6.63. The van der Waals surface area contributed by atoms with Crippen LogP contribution in [-0.4, -0.2) is 0 Å². The molecule has 0 heterocycles. The Morgan fingerprint density at radius 3 is 1.81 bits per heavy atom. The molecular formula is C31H48. The minimum Gasteiger partial charge on any atom is -0.0807 e. The predicted molar refractivity (Wildman–Crippen MR) is 142 cm³/mol. The molecule has 0 fully saturated rings. The third kappa shape index (κ3) is 10.5. The summed E-state index contributed by atoms with van der Waals surface area (Å²) in [5.41, 5.74) is 3.07. The van der Waals surface area contributed by atoms with Crippen LogP contribution in [0.3, 0.4) is 0 Å². The van der Waals surface area contributed by atoms with Crippen LogP contribution in [0.1, 0.15) is 129 Å². The molecule has 0 radical (unpaired) electrons. The van der Waals surface area contributed by atoms with Crippen molar-refractivity contribution in [3.05, 3.63) is 54.1 Å². The van der Waals surface area contributed by atoms with Gasteiger partial charge in [0.15, 0.2) is 0 Å². The molecular weight excluding hydrogens is 372 g/mol. The topological polar surface area (TPSA) is 0 Å². The van der Waals surface area contributed by atoms with Crippen LogP contribution in [0.2, 0.25) is 0 Å². The number of hydrogen-bond donors (Lipinski definition) is 0. The fourth-order valence-corrected chi connectivity index (χ4v) is 4.68. The second kappa shape index (κ2) is 17.0. The molecule has 0 aromatic heterocycles. The molecule has 0 unspecified atom stereocenters. The molecule has 0 bridgehead atoms. The average Bonchev–Trinajstić information content (AvgIpc) is 2.81. The van der Waals surface area contributed by atoms with E-state index in [1.807, 2.05) is 0 Å². The van der Waals surface area contributed by atoms with Crippen LogP contribution in [0.5, 0.6) is 0 Å². The van der Waals surface area contributed by atoms with Gasteiger partial charge in [-0.1, -0.05) is 146 Å². The summed E-state index contributed by atoms with van der Waals surface area (Å²) in [6.07, 6.45) is 25.9. The number of benzene rings is 2. The van der Waals surface area contributed by atoms with E-state index in [0.29, 0.717) is 0 Å². The molecule has 0 nitrogen and oxygen atoms in total. The lowest BCUT2D eigenvalue weighted by Gasteiger charge is -2.12. The number of unbranched alkanes of at least 4 members (excludes halogenated alkanes) is 14. The molecule has 0 amide bonds. The lowest BCUT2D eigenvalue weighted by Crippen LogP contribution is -1.90. The summed E-state index contributed by atoms with van der Waals surface area (Å²) in [4.78, 5) is 0. The van der Waals surface area contributed by atoms with E-state index < -0.39 is 0 Å². The van der Waals surface area contributed by atoms with E-state index >= 15 is 0 Å². The van der Waals surface area contributed by atoms with E-state index in [4.69, 9.17) is 0 Å². The van der Waals surface area contributed by atoms with E-state index in [1.165, 1.54) is 125 Å². The standard InChI is InChI=1S/C31H48/c1-3-5-7-9-11-13-15-17-22-28(23-18-16-14-12-10-8-6-4-2)31-27-21-25-29-24-19-20-26-30(29)31/h19-22,24-27H,3-18,23H2,1-2H3/b28-22-. The van der Waals surface area contributed by atoms with E-state index in [-0.39, 0.29) is 0 Å². The summed E-state index contributed by atoms with van der Waals surface area (Å²) in [6, 6.07) is 15.8. The maximum atomic E-state index is 2.58. The molecule has 31 heavy (non-hydrogen) atoms. The number of allylic oxidation sites excluding steroid dienone is 2. The molecule has 0 saturated carbocycles. The van der Waals surface area contributed by atoms with Crippen LogP contribution in [0, 0.1) is 0 Å². The number of rotatable bonds is 18. The highest BCUT2D eigenvalue weighted by Crippen LogP contribution is 2.29. The fraction of sp³-hybridized carbons (Fsp3) is 0.613. The van der Waals surface area contributed by atoms with Crippen molar-refractivity contribution in [3.8, 4) is 0 Å². The molecule has 2 rings (SSSR count). The predicted octanol–water partition coefficient (Wildman–Crippen LogP) is 10.9. The summed E-state index contributed by atoms with van der Waals surface area (Å²) >= 11 is 0. The smallest absolute Gasteiger partial charge is 0.0109 e. The Morgan fingerprint density at radius 1 is 0.581 bits per heavy atom. The Labute approximate surface area is 193 Å². The van der Waals surface area contributed by atoms with Crippen LogP contribution in [0.25, 0.3) is 16.3 Å². The molecule has 0 spiro atoms. The van der Waals surface area contributed by atoms with Gasteiger partial charge in [0, 0.05) is 0 Å². The van der Waals surface area contributed by atoms with Gasteiger partial charge in [0.25, 0.3) is 0 Å². The lowest BCUT2D eigenvalue weighted by atomic mass is 9.93. The molecule has 2 aromatic rings. The molecule has 0 heteroatoms. The Bertz CT molecular complexity index is 718. The van der Waals surface area contributed by atoms with E-state index in [1.54, 1.807) is 5.57 Å². The zero-order valence-electron chi connectivity index (χ0n) is 20.6.